The molecule has 12 heteroatoms. The van der Waals surface area contributed by atoms with Crippen LogP contribution in [0, 0.1) is 0 Å². The van der Waals surface area contributed by atoms with Crippen LogP contribution in [0.25, 0.3) is 0 Å². The molecule has 0 rings (SSSR count). The topological polar surface area (TPSA) is 185 Å². The molecule has 0 radical (unpaired) electrons. The fraction of sp³-hybridized carbons (Fsp3) is 1.00. The van der Waals surface area contributed by atoms with Crippen LogP contribution in [0.2, 0.25) is 0 Å². The molecule has 10 nitrogen and oxygen atoms in total. The zero-order valence-electron chi connectivity index (χ0n) is 9.05. The van der Waals surface area contributed by atoms with Gasteiger partial charge in [0.15, 0.2) is 0 Å². The van der Waals surface area contributed by atoms with Gasteiger partial charge in [0, 0.05) is 28.4 Å². The molecule has 0 aliphatic heterocycles. The highest BCUT2D eigenvalue weighted by atomic mass is 31.2. The van der Waals surface area contributed by atoms with Crippen LogP contribution in [0.3, 0.4) is 0 Å². The highest BCUT2D eigenvalue weighted by Crippen LogP contribution is 2.21. The highest BCUT2D eigenvalue weighted by molar-refractivity contribution is 7.43. The summed E-state index contributed by atoms with van der Waals surface area (Å²) in [6.07, 6.45) is 0. The average Bonchev–Trinajstić information content (AvgIpc) is 2.23. The third-order valence-electron chi connectivity index (χ3n) is 0.447. The molecule has 0 aliphatic rings. The molecule has 0 aromatic heterocycles. The van der Waals surface area contributed by atoms with Crippen molar-refractivity contribution < 1.29 is 48.0 Å². The Morgan fingerprint density at radius 3 is 0.700 bits per heavy atom. The van der Waals surface area contributed by atoms with E-state index in [1.54, 1.807) is 0 Å². The maximum atomic E-state index is 9.25. The van der Waals surface area contributed by atoms with Gasteiger partial charge in [0.05, 0.1) is 15.6 Å². The first kappa shape index (κ1) is 50.1. The van der Waals surface area contributed by atoms with E-state index in [-0.39, 0.29) is 29.7 Å². The van der Waals surface area contributed by atoms with Crippen molar-refractivity contribution in [1.82, 2.24) is 0 Å². The number of rotatable bonds is 2. The summed E-state index contributed by atoms with van der Waals surface area (Å²) >= 11 is 0. The summed E-state index contributed by atoms with van der Waals surface area (Å²) < 4.78 is 25.3. The van der Waals surface area contributed by atoms with Gasteiger partial charge in [-0.1, -0.05) is 29.7 Å². The van der Waals surface area contributed by atoms with Crippen LogP contribution in [-0.2, 0) is 18.2 Å². The average molecular weight is 348 g/mol. The molecule has 0 aliphatic carbocycles. The molecule has 0 aromatic rings. The maximum absolute atomic E-state index is 9.25. The second-order valence-electron chi connectivity index (χ2n) is 1.26. The Hall–Kier alpha value is 0.140. The number of hydrogen-bond acceptors (Lipinski definition) is 10. The van der Waals surface area contributed by atoms with E-state index in [9.17, 15) is 28.7 Å². The standard InChI is InChI=1S/2CH5O4P.2CH4O.4CH4/c2*1-5-6(2,3)4;2*1-2;;;;/h2*1H3,(H2,2,3,4);2*2H,1H3;4*1H4/p-4. The molecular weight excluding hydrogens is 318 g/mol. The predicted molar refractivity (Wildman–Crippen MR) is 72.4 cm³/mol. The fourth-order valence-electron chi connectivity index (χ4n) is 0. The number of aliphatic hydroxyl groups excluding tert-OH is 2. The number of hydrogen-bond donors (Lipinski definition) is 2. The first-order valence-corrected chi connectivity index (χ1v) is 6.09. The third-order valence-corrected chi connectivity index (χ3v) is 1.34. The normalized spacial score (nSPS) is 7.70. The van der Waals surface area contributed by atoms with Crippen molar-refractivity contribution in [3.05, 3.63) is 0 Å². The van der Waals surface area contributed by atoms with Crippen LogP contribution in [-0.4, -0.2) is 38.7 Å². The molecule has 0 spiro atoms. The molecule has 0 saturated carbocycles. The van der Waals surface area contributed by atoms with Crippen LogP contribution in [0.15, 0.2) is 0 Å². The lowest BCUT2D eigenvalue weighted by Crippen LogP contribution is -2.14. The van der Waals surface area contributed by atoms with E-state index in [0.717, 1.165) is 28.4 Å². The molecule has 0 amide bonds. The largest absolute Gasteiger partial charge is 0.790 e. The molecule has 0 bridgehead atoms. The van der Waals surface area contributed by atoms with Crippen LogP contribution >= 0.6 is 15.6 Å². The maximum Gasteiger partial charge on any atom is 0.0592 e. The van der Waals surface area contributed by atoms with Crippen LogP contribution in [0.4, 0.5) is 0 Å². The molecule has 0 saturated heterocycles. The summed E-state index contributed by atoms with van der Waals surface area (Å²) in [5, 5.41) is 14.0. The number of phosphoric ester groups is 2. The van der Waals surface area contributed by atoms with Crippen LogP contribution < -0.4 is 19.6 Å². The van der Waals surface area contributed by atoms with Gasteiger partial charge in [0.25, 0.3) is 0 Å². The Bertz CT molecular complexity index is 177. The van der Waals surface area contributed by atoms with E-state index < -0.39 is 15.6 Å². The minimum Gasteiger partial charge on any atom is -0.790 e. The Morgan fingerprint density at radius 1 is 0.650 bits per heavy atom. The monoisotopic (exact) mass is 348 g/mol. The van der Waals surface area contributed by atoms with Crippen molar-refractivity contribution in [3.63, 3.8) is 0 Å². The highest BCUT2D eigenvalue weighted by Gasteiger charge is 1.75. The second kappa shape index (κ2) is 31.5. The molecule has 0 fully saturated rings. The number of aliphatic hydroxyl groups is 2. The van der Waals surface area contributed by atoms with Crippen molar-refractivity contribution in [3.8, 4) is 0 Å². The molecule has 0 atom stereocenters. The van der Waals surface area contributed by atoms with Gasteiger partial charge in [0.2, 0.25) is 0 Å². The Balaban J connectivity index is -0.0000000165. The minimum atomic E-state index is -4.65. The van der Waals surface area contributed by atoms with E-state index in [1.807, 2.05) is 0 Å². The first-order valence-electron chi connectivity index (χ1n) is 3.17. The van der Waals surface area contributed by atoms with Gasteiger partial charge < -0.3 is 48.0 Å². The van der Waals surface area contributed by atoms with E-state index in [4.69, 9.17) is 10.2 Å². The quantitative estimate of drug-likeness (QED) is 0.567. The van der Waals surface area contributed by atoms with Crippen molar-refractivity contribution >= 4 is 15.6 Å². The lowest BCUT2D eigenvalue weighted by Gasteiger charge is -2.25. The molecule has 0 heterocycles. The summed E-state index contributed by atoms with van der Waals surface area (Å²) in [5.41, 5.74) is 0. The lowest BCUT2D eigenvalue weighted by atomic mass is 11.8. The van der Waals surface area contributed by atoms with Crippen LogP contribution in [0.1, 0.15) is 29.7 Å². The van der Waals surface area contributed by atoms with Gasteiger partial charge in [-0.05, 0) is 0 Å². The Morgan fingerprint density at radius 2 is 0.700 bits per heavy atom. The van der Waals surface area contributed by atoms with E-state index in [0.29, 0.717) is 0 Å². The van der Waals surface area contributed by atoms with Crippen molar-refractivity contribution in [1.29, 1.82) is 0 Å². The summed E-state index contributed by atoms with van der Waals surface area (Å²) in [7, 11) is -5.65. The van der Waals surface area contributed by atoms with E-state index in [1.165, 1.54) is 0 Å². The van der Waals surface area contributed by atoms with Crippen molar-refractivity contribution in [2.24, 2.45) is 0 Å². The molecule has 20 heavy (non-hydrogen) atoms. The van der Waals surface area contributed by atoms with Gasteiger partial charge in [0.1, 0.15) is 0 Å². The Labute approximate surface area is 122 Å². The fourth-order valence-corrected chi connectivity index (χ4v) is 0. The number of phosphoric acid groups is 2. The smallest absolute Gasteiger partial charge is 0.0592 e. The Kier molecular flexibility index (Phi) is 78.8. The van der Waals surface area contributed by atoms with Crippen molar-refractivity contribution in [2.45, 2.75) is 29.7 Å². The van der Waals surface area contributed by atoms with Gasteiger partial charge in [-0.2, -0.15) is 0 Å². The molecule has 136 valence electrons. The van der Waals surface area contributed by atoms with E-state index in [2.05, 4.69) is 9.05 Å². The molecule has 0 aromatic carbocycles. The van der Waals surface area contributed by atoms with Gasteiger partial charge >= 0.3 is 0 Å². The zero-order chi connectivity index (χ0) is 14.4. The minimum absolute atomic E-state index is 0. The molecule has 0 unspecified atom stereocenters. The lowest BCUT2D eigenvalue weighted by molar-refractivity contribution is -0.341. The second-order valence-corrected chi connectivity index (χ2v) is 3.78. The molecule has 2 N–H and O–H groups in total. The van der Waals surface area contributed by atoms with Gasteiger partial charge in [-0.15, -0.1) is 0 Å². The van der Waals surface area contributed by atoms with Gasteiger partial charge in [-0.3, -0.25) is 0 Å². The van der Waals surface area contributed by atoms with Crippen LogP contribution in [0.5, 0.6) is 0 Å². The first-order chi connectivity index (χ1) is 7.12. The van der Waals surface area contributed by atoms with E-state index >= 15 is 0 Å². The zero-order valence-corrected chi connectivity index (χ0v) is 10.8. The third kappa shape index (κ3) is 141. The SMILES string of the molecule is C.C.C.C.CO.CO.COP(=O)([O-])[O-].COP(=O)([O-])[O-]. The summed E-state index contributed by atoms with van der Waals surface area (Å²) in [4.78, 5) is 37.0. The summed E-state index contributed by atoms with van der Waals surface area (Å²) in [5.74, 6) is 0. The summed E-state index contributed by atoms with van der Waals surface area (Å²) in [6, 6.07) is 0. The van der Waals surface area contributed by atoms with Crippen molar-refractivity contribution in [2.75, 3.05) is 28.4 Å². The predicted octanol–water partition coefficient (Wildman–Crippen LogP) is -1.32. The summed E-state index contributed by atoms with van der Waals surface area (Å²) in [6.45, 7) is 0. The molecular formula is C8H30O10P2-4. The van der Waals surface area contributed by atoms with Gasteiger partial charge in [-0.25, -0.2) is 0 Å².